The molecule has 0 spiro atoms. The molecule has 2 heterocycles. The number of nitrogens with one attached hydrogen (secondary N) is 1. The largest absolute Gasteiger partial charge is 0.462 e. The van der Waals surface area contributed by atoms with Crippen LogP contribution in [0.1, 0.15) is 29.1 Å². The molecule has 0 amide bonds. The zero-order valence-electron chi connectivity index (χ0n) is 18.7. The summed E-state index contributed by atoms with van der Waals surface area (Å²) in [6.07, 6.45) is 1.75. The second kappa shape index (κ2) is 10.6. The average molecular weight is 494 g/mol. The van der Waals surface area contributed by atoms with E-state index in [1.807, 2.05) is 54.6 Å². The monoisotopic (exact) mass is 493 g/mol. The van der Waals surface area contributed by atoms with Crippen LogP contribution < -0.4 is 5.73 Å². The predicted octanol–water partition coefficient (Wildman–Crippen LogP) is 5.75. The van der Waals surface area contributed by atoms with E-state index in [2.05, 4.69) is 9.97 Å². The minimum Gasteiger partial charge on any atom is -0.462 e. The van der Waals surface area contributed by atoms with Gasteiger partial charge in [0.15, 0.2) is 0 Å². The van der Waals surface area contributed by atoms with E-state index in [4.69, 9.17) is 15.2 Å². The first-order valence-corrected chi connectivity index (χ1v) is 12.3. The molecule has 174 valence electrons. The van der Waals surface area contributed by atoms with Gasteiger partial charge in [-0.2, -0.15) is 0 Å². The third-order valence-corrected chi connectivity index (χ3v) is 7.15. The summed E-state index contributed by atoms with van der Waals surface area (Å²) in [4.78, 5) is 34.0. The Morgan fingerprint density at radius 2 is 1.76 bits per heavy atom. The van der Waals surface area contributed by atoms with Gasteiger partial charge in [-0.1, -0.05) is 54.2 Å². The van der Waals surface area contributed by atoms with Crippen molar-refractivity contribution in [3.8, 4) is 11.4 Å². The van der Waals surface area contributed by atoms with Gasteiger partial charge < -0.3 is 20.2 Å². The highest BCUT2D eigenvalue weighted by molar-refractivity contribution is 8.06. The molecule has 0 unspecified atom stereocenters. The molecular weight excluding hydrogens is 470 g/mol. The van der Waals surface area contributed by atoms with Gasteiger partial charge in [-0.25, -0.2) is 14.6 Å². The fourth-order valence-corrected chi connectivity index (χ4v) is 5.65. The molecule has 0 bridgehead atoms. The van der Waals surface area contributed by atoms with Crippen LogP contribution in [0, 0.1) is 0 Å². The predicted molar refractivity (Wildman–Crippen MR) is 137 cm³/mol. The minimum atomic E-state index is -0.515. The summed E-state index contributed by atoms with van der Waals surface area (Å²) in [5, 5.41) is 0. The van der Waals surface area contributed by atoms with Crippen molar-refractivity contribution in [2.75, 3.05) is 18.9 Å². The molecule has 0 aliphatic rings. The van der Waals surface area contributed by atoms with E-state index < -0.39 is 11.9 Å². The Morgan fingerprint density at radius 3 is 2.47 bits per heavy atom. The van der Waals surface area contributed by atoms with Crippen LogP contribution in [0.5, 0.6) is 0 Å². The molecule has 2 aromatic carbocycles. The van der Waals surface area contributed by atoms with Gasteiger partial charge in [0.2, 0.25) is 0 Å². The summed E-state index contributed by atoms with van der Waals surface area (Å²) in [7, 11) is 0. The van der Waals surface area contributed by atoms with Crippen molar-refractivity contribution in [1.29, 1.82) is 0 Å². The van der Waals surface area contributed by atoms with Gasteiger partial charge in [0, 0.05) is 0 Å². The highest BCUT2D eigenvalue weighted by atomic mass is 32.2. The van der Waals surface area contributed by atoms with Gasteiger partial charge >= 0.3 is 11.9 Å². The molecule has 0 aliphatic carbocycles. The maximum absolute atomic E-state index is 12.8. The number of thioether (sulfide) groups is 1. The SMILES string of the molecule is CCOC(=O)/C(=C\c1ccccc1)Sc1sc(C(=O)OCC)c(N)c1-c1nc2ccccc2[nH]1. The normalized spacial score (nSPS) is 11.5. The minimum absolute atomic E-state index is 0.223. The standard InChI is InChI=1S/C25H23N3O4S2/c1-3-31-23(29)18(14-15-10-6-5-7-11-15)33-25-19(20(26)21(34-25)24(30)32-4-2)22-27-16-12-8-9-13-17(16)28-22/h5-14H,3-4,26H2,1-2H3,(H,27,28)/b18-14+. The second-order valence-electron chi connectivity index (χ2n) is 7.07. The fraction of sp³-hybridized carbons (Fsp3) is 0.160. The number of rotatable bonds is 8. The number of H-pyrrole nitrogens is 1. The number of nitrogen functional groups attached to an aromatic ring is 1. The first-order valence-electron chi connectivity index (χ1n) is 10.7. The van der Waals surface area contributed by atoms with E-state index in [1.54, 1.807) is 19.9 Å². The first kappa shape index (κ1) is 23.6. The maximum Gasteiger partial charge on any atom is 0.350 e. The number of aromatic nitrogens is 2. The smallest absolute Gasteiger partial charge is 0.350 e. The van der Waals surface area contributed by atoms with Crippen molar-refractivity contribution in [2.24, 2.45) is 0 Å². The van der Waals surface area contributed by atoms with Crippen LogP contribution in [0.25, 0.3) is 28.5 Å². The number of hydrogen-bond donors (Lipinski definition) is 2. The van der Waals surface area contributed by atoms with Crippen LogP contribution in [0.3, 0.4) is 0 Å². The summed E-state index contributed by atoms with van der Waals surface area (Å²) in [6.45, 7) is 3.95. The van der Waals surface area contributed by atoms with Crippen LogP contribution in [-0.4, -0.2) is 35.1 Å². The number of hydrogen-bond acceptors (Lipinski definition) is 8. The molecule has 0 saturated heterocycles. The van der Waals surface area contributed by atoms with Crippen LogP contribution in [0.2, 0.25) is 0 Å². The lowest BCUT2D eigenvalue weighted by molar-refractivity contribution is -0.137. The average Bonchev–Trinajstić information content (AvgIpc) is 3.40. The van der Waals surface area contributed by atoms with Gasteiger partial charge in [-0.3, -0.25) is 0 Å². The van der Waals surface area contributed by atoms with E-state index in [1.165, 1.54) is 23.1 Å². The fourth-order valence-electron chi connectivity index (χ4n) is 3.27. The molecule has 4 rings (SSSR count). The number of fused-ring (bicyclic) bond motifs is 1. The Balaban J connectivity index is 1.84. The van der Waals surface area contributed by atoms with Crippen molar-refractivity contribution in [3.05, 3.63) is 69.9 Å². The van der Waals surface area contributed by atoms with Gasteiger partial charge in [0.1, 0.15) is 10.7 Å². The Hall–Kier alpha value is -3.56. The number of thiophene rings is 1. The van der Waals surface area contributed by atoms with Crippen molar-refractivity contribution in [2.45, 2.75) is 18.1 Å². The summed E-state index contributed by atoms with van der Waals surface area (Å²) in [5.74, 6) is -0.466. The number of esters is 2. The molecular formula is C25H23N3O4S2. The highest BCUT2D eigenvalue weighted by Crippen LogP contribution is 2.47. The zero-order valence-corrected chi connectivity index (χ0v) is 20.3. The van der Waals surface area contributed by atoms with Crippen LogP contribution in [-0.2, 0) is 14.3 Å². The third-order valence-electron chi connectivity index (χ3n) is 4.78. The number of carbonyl (C=O) groups excluding carboxylic acids is 2. The number of aromatic amines is 1. The van der Waals surface area contributed by atoms with E-state index in [0.29, 0.717) is 20.5 Å². The Morgan fingerprint density at radius 1 is 1.06 bits per heavy atom. The molecule has 9 heteroatoms. The van der Waals surface area contributed by atoms with E-state index in [-0.39, 0.29) is 23.8 Å². The molecule has 4 aromatic rings. The maximum atomic E-state index is 12.8. The molecule has 0 atom stereocenters. The topological polar surface area (TPSA) is 107 Å². The number of benzene rings is 2. The number of imidazole rings is 1. The first-order chi connectivity index (χ1) is 16.5. The van der Waals surface area contributed by atoms with E-state index in [9.17, 15) is 9.59 Å². The van der Waals surface area contributed by atoms with Crippen LogP contribution in [0.15, 0.2) is 63.7 Å². The van der Waals surface area contributed by atoms with Gasteiger partial charge in [-0.05, 0) is 37.6 Å². The molecule has 7 nitrogen and oxygen atoms in total. The lowest BCUT2D eigenvalue weighted by atomic mass is 10.2. The molecule has 2 aromatic heterocycles. The van der Waals surface area contributed by atoms with Crippen molar-refractivity contribution in [1.82, 2.24) is 9.97 Å². The number of nitrogens with zero attached hydrogens (tertiary/aromatic N) is 1. The lowest BCUT2D eigenvalue weighted by Crippen LogP contribution is -2.05. The number of carbonyl (C=O) groups is 2. The molecule has 0 saturated carbocycles. The van der Waals surface area contributed by atoms with Crippen LogP contribution in [0.4, 0.5) is 5.69 Å². The quantitative estimate of drug-likeness (QED) is 0.183. The molecule has 0 radical (unpaired) electrons. The zero-order chi connectivity index (χ0) is 24.1. The summed E-state index contributed by atoms with van der Waals surface area (Å²) in [6, 6.07) is 17.1. The number of para-hydroxylation sites is 2. The molecule has 0 aliphatic heterocycles. The van der Waals surface area contributed by atoms with Crippen molar-refractivity contribution >= 4 is 57.8 Å². The number of nitrogens with two attached hydrogens (primary N) is 1. The number of anilines is 1. The lowest BCUT2D eigenvalue weighted by Gasteiger charge is -2.07. The Bertz CT molecular complexity index is 1330. The van der Waals surface area contributed by atoms with Crippen LogP contribution >= 0.6 is 23.1 Å². The molecule has 34 heavy (non-hydrogen) atoms. The number of ether oxygens (including phenoxy) is 2. The van der Waals surface area contributed by atoms with Gasteiger partial charge in [0.05, 0.1) is 44.6 Å². The Labute approximate surface area is 205 Å². The van der Waals surface area contributed by atoms with E-state index >= 15 is 0 Å². The van der Waals surface area contributed by atoms with Crippen molar-refractivity contribution in [3.63, 3.8) is 0 Å². The highest BCUT2D eigenvalue weighted by Gasteiger charge is 2.27. The van der Waals surface area contributed by atoms with Crippen molar-refractivity contribution < 1.29 is 19.1 Å². The second-order valence-corrected chi connectivity index (χ2v) is 9.40. The summed E-state index contributed by atoms with van der Waals surface area (Å²) in [5.41, 5.74) is 9.71. The van der Waals surface area contributed by atoms with E-state index in [0.717, 1.165) is 16.6 Å². The summed E-state index contributed by atoms with van der Waals surface area (Å²) < 4.78 is 11.1. The third kappa shape index (κ3) is 5.00. The van der Waals surface area contributed by atoms with Gasteiger partial charge in [-0.15, -0.1) is 11.3 Å². The van der Waals surface area contributed by atoms with Gasteiger partial charge in [0.25, 0.3) is 0 Å². The summed E-state index contributed by atoms with van der Waals surface area (Å²) >= 11 is 2.36. The Kier molecular flexibility index (Phi) is 7.34. The molecule has 0 fully saturated rings. The molecule has 3 N–H and O–H groups in total.